The van der Waals surface area contributed by atoms with Crippen LogP contribution in [0, 0.1) is 20.8 Å². The lowest BCUT2D eigenvalue weighted by Gasteiger charge is -2.25. The average Bonchev–Trinajstić information content (AvgIpc) is 2.62. The third-order valence-electron chi connectivity index (χ3n) is 4.37. The number of carbonyl (C=O) groups is 4. The van der Waals surface area contributed by atoms with Crippen molar-refractivity contribution in [2.24, 2.45) is 0 Å². The number of amides is 2. The van der Waals surface area contributed by atoms with Gasteiger partial charge in [0.15, 0.2) is 6.61 Å². The Bertz CT molecular complexity index is 839. The molecule has 1 atom stereocenters. The second-order valence-electron chi connectivity index (χ2n) is 6.62. The van der Waals surface area contributed by atoms with E-state index < -0.39 is 42.3 Å². The molecule has 1 aromatic carbocycles. The Kier molecular flexibility index (Phi) is 8.75. The highest BCUT2D eigenvalue weighted by Gasteiger charge is 2.27. The number of anilines is 1. The Labute approximate surface area is 173 Å². The molecule has 1 aromatic rings. The van der Waals surface area contributed by atoms with Crippen LogP contribution < -0.4 is 5.32 Å². The van der Waals surface area contributed by atoms with Gasteiger partial charge in [-0.2, -0.15) is 0 Å². The van der Waals surface area contributed by atoms with E-state index in [1.807, 2.05) is 0 Å². The van der Waals surface area contributed by atoms with E-state index in [-0.39, 0.29) is 23.4 Å². The smallest absolute Gasteiger partial charge is 0.303 e. The Hall–Kier alpha value is -2.49. The third kappa shape index (κ3) is 5.99. The van der Waals surface area contributed by atoms with Crippen LogP contribution in [-0.4, -0.2) is 71.0 Å². The molecule has 1 rings (SSSR count). The van der Waals surface area contributed by atoms with Gasteiger partial charge in [-0.3, -0.25) is 19.2 Å². The number of hydrogen-bond acceptors (Lipinski definition) is 7. The highest BCUT2D eigenvalue weighted by molar-refractivity contribution is 6.68. The molecule has 0 saturated carbocycles. The van der Waals surface area contributed by atoms with Gasteiger partial charge in [0, 0.05) is 37.3 Å². The first-order chi connectivity index (χ1) is 13.4. The maximum atomic E-state index is 13.0. The summed E-state index contributed by atoms with van der Waals surface area (Å²) in [5, 5.41) is 20.4. The summed E-state index contributed by atoms with van der Waals surface area (Å²) in [6.45, 7) is 4.69. The number of nitrogens with zero attached hydrogens (tertiary/aromatic N) is 1. The van der Waals surface area contributed by atoms with Gasteiger partial charge in [-0.15, -0.1) is 0 Å². The minimum Gasteiger partial charge on any atom is -0.456 e. The molecule has 1 unspecified atom stereocenters. The van der Waals surface area contributed by atoms with Crippen molar-refractivity contribution in [1.82, 2.24) is 4.90 Å². The molecule has 10 heteroatoms. The van der Waals surface area contributed by atoms with Gasteiger partial charge >= 0.3 is 5.97 Å². The lowest BCUT2D eigenvalue weighted by molar-refractivity contribution is -0.144. The van der Waals surface area contributed by atoms with E-state index in [9.17, 15) is 24.3 Å². The summed E-state index contributed by atoms with van der Waals surface area (Å²) in [6.07, 6.45) is -1.13. The normalized spacial score (nSPS) is 11.6. The molecule has 0 aromatic heterocycles. The van der Waals surface area contributed by atoms with E-state index in [2.05, 4.69) is 10.1 Å². The van der Waals surface area contributed by atoms with Crippen molar-refractivity contribution in [2.45, 2.75) is 33.8 Å². The number of ether oxygens (including phenoxy) is 1. The van der Waals surface area contributed by atoms with E-state index in [0.29, 0.717) is 16.7 Å². The van der Waals surface area contributed by atoms with Gasteiger partial charge in [0.2, 0.25) is 0 Å². The fourth-order valence-corrected chi connectivity index (χ4v) is 3.30. The van der Waals surface area contributed by atoms with Crippen molar-refractivity contribution >= 4 is 40.3 Å². The summed E-state index contributed by atoms with van der Waals surface area (Å²) < 4.78 is 4.66. The van der Waals surface area contributed by atoms with E-state index in [0.717, 1.165) is 6.92 Å². The van der Waals surface area contributed by atoms with Crippen LogP contribution in [-0.2, 0) is 14.3 Å². The topological polar surface area (TPSA) is 133 Å². The quantitative estimate of drug-likeness (QED) is 0.414. The van der Waals surface area contributed by atoms with Crippen LogP contribution in [0.15, 0.2) is 0 Å². The van der Waals surface area contributed by atoms with Crippen LogP contribution in [0.4, 0.5) is 5.69 Å². The summed E-state index contributed by atoms with van der Waals surface area (Å²) in [7, 11) is 1.43. The average molecular weight is 429 g/mol. The zero-order valence-electron chi connectivity index (χ0n) is 17.0. The molecule has 2 amide bonds. The molecule has 0 saturated heterocycles. The van der Waals surface area contributed by atoms with Gasteiger partial charge in [0.05, 0.1) is 12.7 Å². The predicted molar refractivity (Wildman–Crippen MR) is 106 cm³/mol. The molecule has 29 heavy (non-hydrogen) atoms. The van der Waals surface area contributed by atoms with Gasteiger partial charge in [0.1, 0.15) is 0 Å². The van der Waals surface area contributed by atoms with Crippen LogP contribution in [0.25, 0.3) is 0 Å². The number of likely N-dealkylation sites (N-methyl/N-ethyl adjacent to an activating group) is 1. The summed E-state index contributed by atoms with van der Waals surface area (Å²) in [4.78, 5) is 49.2. The molecule has 9 nitrogen and oxygen atoms in total. The fraction of sp³-hybridized carbons (Fsp3) is 0.474. The first-order valence-electron chi connectivity index (χ1n) is 8.73. The molecular weight excluding hydrogens is 404 g/mol. The van der Waals surface area contributed by atoms with Crippen molar-refractivity contribution in [3.63, 3.8) is 0 Å². The number of rotatable bonds is 8. The zero-order valence-corrected chi connectivity index (χ0v) is 17.7. The number of halogens is 1. The second-order valence-corrected chi connectivity index (χ2v) is 6.97. The number of hydrogen-bond donors (Lipinski definition) is 3. The first-order valence-corrected chi connectivity index (χ1v) is 9.11. The highest BCUT2D eigenvalue weighted by atomic mass is 35.5. The van der Waals surface area contributed by atoms with E-state index >= 15 is 0 Å². The Morgan fingerprint density at radius 2 is 1.66 bits per heavy atom. The largest absolute Gasteiger partial charge is 0.456 e. The Balaban J connectivity index is 3.48. The van der Waals surface area contributed by atoms with E-state index in [1.54, 1.807) is 20.8 Å². The number of nitrogens with one attached hydrogen (secondary N) is 1. The monoisotopic (exact) mass is 428 g/mol. The fourth-order valence-electron chi connectivity index (χ4n) is 3.01. The molecule has 0 aliphatic carbocycles. The van der Waals surface area contributed by atoms with Gasteiger partial charge in [-0.05, 0) is 49.1 Å². The molecule has 160 valence electrons. The van der Waals surface area contributed by atoms with Gasteiger partial charge in [0.25, 0.3) is 17.1 Å². The molecule has 0 aliphatic heterocycles. The maximum Gasteiger partial charge on any atom is 0.303 e. The standard InChI is InChI=1S/C19H25ClN2O7/c1-9-15(18(20)27)10(2)17(21-14(26)8-29-12(4)24)11(3)16(9)19(28)22(5)6-13(25)7-23/h13,23,25H,6-8H2,1-5H3,(H,21,26). The van der Waals surface area contributed by atoms with Crippen molar-refractivity contribution in [3.8, 4) is 0 Å². The number of esters is 1. The second kappa shape index (κ2) is 10.3. The first kappa shape index (κ1) is 24.5. The number of aliphatic hydroxyl groups is 2. The molecule has 0 heterocycles. The Morgan fingerprint density at radius 3 is 2.14 bits per heavy atom. The molecule has 3 N–H and O–H groups in total. The maximum absolute atomic E-state index is 13.0. The molecule has 0 radical (unpaired) electrons. The third-order valence-corrected chi connectivity index (χ3v) is 4.56. The molecule has 0 bridgehead atoms. The number of carbonyl (C=O) groups excluding carboxylic acids is 4. The van der Waals surface area contributed by atoms with Crippen LogP contribution >= 0.6 is 11.6 Å². The number of benzene rings is 1. The predicted octanol–water partition coefficient (Wildman–Crippen LogP) is 0.918. The highest BCUT2D eigenvalue weighted by Crippen LogP contribution is 2.33. The lowest BCUT2D eigenvalue weighted by atomic mass is 9.90. The minimum atomic E-state index is -1.13. The van der Waals surface area contributed by atoms with E-state index in [4.69, 9.17) is 16.7 Å². The van der Waals surface area contributed by atoms with Crippen LogP contribution in [0.1, 0.15) is 44.3 Å². The van der Waals surface area contributed by atoms with Crippen LogP contribution in [0.5, 0.6) is 0 Å². The van der Waals surface area contributed by atoms with Gasteiger partial charge < -0.3 is 25.2 Å². The van der Waals surface area contributed by atoms with Crippen molar-refractivity contribution in [1.29, 1.82) is 0 Å². The zero-order chi connectivity index (χ0) is 22.5. The summed E-state index contributed by atoms with van der Waals surface area (Å²) in [6, 6.07) is 0. The SMILES string of the molecule is CC(=O)OCC(=O)Nc1c(C)c(C(=O)Cl)c(C)c(C(=O)N(C)CC(O)CO)c1C. The van der Waals surface area contributed by atoms with E-state index in [1.165, 1.54) is 11.9 Å². The number of aliphatic hydroxyl groups excluding tert-OH is 2. The van der Waals surface area contributed by atoms with Gasteiger partial charge in [-0.1, -0.05) is 0 Å². The lowest BCUT2D eigenvalue weighted by Crippen LogP contribution is -2.37. The minimum absolute atomic E-state index is 0.0690. The summed E-state index contributed by atoms with van der Waals surface area (Å²) >= 11 is 5.72. The Morgan fingerprint density at radius 1 is 1.10 bits per heavy atom. The molecule has 0 fully saturated rings. The molecular formula is C19H25ClN2O7. The van der Waals surface area contributed by atoms with Crippen molar-refractivity contribution < 1.29 is 34.1 Å². The van der Waals surface area contributed by atoms with Crippen molar-refractivity contribution in [2.75, 3.05) is 32.1 Å². The summed E-state index contributed by atoms with van der Waals surface area (Å²) in [5.41, 5.74) is 1.48. The van der Waals surface area contributed by atoms with Crippen molar-refractivity contribution in [3.05, 3.63) is 27.8 Å². The summed E-state index contributed by atoms with van der Waals surface area (Å²) in [5.74, 6) is -1.80. The van der Waals surface area contributed by atoms with Crippen LogP contribution in [0.3, 0.4) is 0 Å². The van der Waals surface area contributed by atoms with Crippen LogP contribution in [0.2, 0.25) is 0 Å². The van der Waals surface area contributed by atoms with Gasteiger partial charge in [-0.25, -0.2) is 0 Å². The molecule has 0 spiro atoms. The molecule has 0 aliphatic rings.